The van der Waals surface area contributed by atoms with Crippen LogP contribution in [0.5, 0.6) is 5.75 Å². The second kappa shape index (κ2) is 13.8. The van der Waals surface area contributed by atoms with Gasteiger partial charge in [0.1, 0.15) is 32.1 Å². The maximum absolute atomic E-state index is 12.5. The zero-order chi connectivity index (χ0) is 32.8. The van der Waals surface area contributed by atoms with Gasteiger partial charge in [-0.3, -0.25) is 9.48 Å². The van der Waals surface area contributed by atoms with E-state index < -0.39 is 25.8 Å². The van der Waals surface area contributed by atoms with Crippen molar-refractivity contribution in [2.45, 2.75) is 59.0 Å². The lowest BCUT2D eigenvalue weighted by molar-refractivity contribution is -0.122. The highest BCUT2D eigenvalue weighted by Crippen LogP contribution is 2.30. The smallest absolute Gasteiger partial charge is 0.408 e. The first-order valence-electron chi connectivity index (χ1n) is 14.7. The molecule has 0 bridgehead atoms. The maximum Gasteiger partial charge on any atom is 0.408 e. The van der Waals surface area contributed by atoms with Gasteiger partial charge in [-0.1, -0.05) is 25.6 Å². The van der Waals surface area contributed by atoms with Crippen LogP contribution in [0.1, 0.15) is 33.3 Å². The van der Waals surface area contributed by atoms with Gasteiger partial charge in [-0.15, -0.1) is 5.54 Å². The van der Waals surface area contributed by atoms with Gasteiger partial charge in [-0.25, -0.2) is 14.8 Å². The Morgan fingerprint density at radius 3 is 2.53 bits per heavy atom. The number of carbonyl (C=O) groups excluding carboxylic acids is 2. The van der Waals surface area contributed by atoms with Crippen LogP contribution in [-0.4, -0.2) is 64.6 Å². The number of hydrogen-bond donors (Lipinski definition) is 3. The molecule has 0 saturated carbocycles. The number of rotatable bonds is 9. The lowest BCUT2D eigenvalue weighted by atomic mass is 10.1. The van der Waals surface area contributed by atoms with Crippen molar-refractivity contribution >= 4 is 42.6 Å². The third-order valence-corrected chi connectivity index (χ3v) is 7.03. The largest absolute Gasteiger partial charge is 0.492 e. The van der Waals surface area contributed by atoms with Crippen molar-refractivity contribution in [2.24, 2.45) is 7.05 Å². The lowest BCUT2D eigenvalue weighted by Crippen LogP contribution is -2.47. The van der Waals surface area contributed by atoms with Crippen LogP contribution in [0.3, 0.4) is 0 Å². The molecule has 4 aromatic rings. The highest BCUT2D eigenvalue weighted by molar-refractivity contribution is 6.83. The normalized spacial score (nSPS) is 12.1. The van der Waals surface area contributed by atoms with Crippen LogP contribution >= 0.6 is 0 Å². The predicted molar refractivity (Wildman–Crippen MR) is 179 cm³/mol. The van der Waals surface area contributed by atoms with E-state index >= 15 is 0 Å². The Morgan fingerprint density at radius 1 is 1.07 bits per heavy atom. The van der Waals surface area contributed by atoms with Crippen LogP contribution in [0.4, 0.5) is 16.4 Å². The van der Waals surface area contributed by atoms with Crippen LogP contribution in [0.2, 0.25) is 19.6 Å². The molecule has 1 unspecified atom stereocenters. The number of aromatic nitrogens is 4. The van der Waals surface area contributed by atoms with Crippen LogP contribution in [0.15, 0.2) is 55.0 Å². The molecule has 2 aromatic carbocycles. The van der Waals surface area contributed by atoms with Crippen molar-refractivity contribution in [1.29, 1.82) is 0 Å². The molecular formula is C33H41N7O4Si. The molecule has 0 spiro atoms. The molecule has 0 aliphatic carbocycles. The molecule has 1 atom stereocenters. The number of fused-ring (bicyclic) bond motifs is 1. The molecule has 45 heavy (non-hydrogen) atoms. The van der Waals surface area contributed by atoms with E-state index in [9.17, 15) is 9.59 Å². The average molecular weight is 628 g/mol. The van der Waals surface area contributed by atoms with E-state index in [2.05, 4.69) is 57.1 Å². The summed E-state index contributed by atoms with van der Waals surface area (Å²) in [5, 5.41) is 13.8. The molecule has 0 aliphatic heterocycles. The summed E-state index contributed by atoms with van der Waals surface area (Å²) in [6.07, 6.45) is 4.82. The zero-order valence-corrected chi connectivity index (χ0v) is 28.1. The summed E-state index contributed by atoms with van der Waals surface area (Å²) in [4.78, 5) is 33.7. The van der Waals surface area contributed by atoms with Crippen molar-refractivity contribution in [3.63, 3.8) is 0 Å². The standard InChI is InChI=1S/C33H41N7O4Si/c1-22(37-32(42)44-33(2,3)4)30(41)34-12-13-43-28-17-24(26-20-36-40(5)21-26)16-27(18-28)38-31-35-19-25-15-23(9-10-29(25)39-31)11-14-45(6,7)8/h9-10,15-22H,12-13H2,1-8H3,(H,34,41)(H,37,42)(H,35,38,39). The van der Waals surface area contributed by atoms with Crippen molar-refractivity contribution in [2.75, 3.05) is 18.5 Å². The lowest BCUT2D eigenvalue weighted by Gasteiger charge is -2.21. The molecule has 12 heteroatoms. The summed E-state index contributed by atoms with van der Waals surface area (Å²) < 4.78 is 13.0. The van der Waals surface area contributed by atoms with E-state index in [1.165, 1.54) is 0 Å². The van der Waals surface area contributed by atoms with E-state index in [0.29, 0.717) is 11.7 Å². The van der Waals surface area contributed by atoms with E-state index in [0.717, 1.165) is 33.3 Å². The molecule has 2 heterocycles. The van der Waals surface area contributed by atoms with E-state index in [-0.39, 0.29) is 19.1 Å². The number of alkyl carbamates (subject to hydrolysis) is 1. The molecule has 3 N–H and O–H groups in total. The molecule has 11 nitrogen and oxygen atoms in total. The highest BCUT2D eigenvalue weighted by atomic mass is 28.3. The Hall–Kier alpha value is -4.89. The third kappa shape index (κ3) is 10.4. The molecule has 4 rings (SSSR count). The number of nitrogens with zero attached hydrogens (tertiary/aromatic N) is 4. The van der Waals surface area contributed by atoms with Crippen molar-refractivity contribution in [1.82, 2.24) is 30.4 Å². The van der Waals surface area contributed by atoms with Gasteiger partial charge < -0.3 is 25.4 Å². The molecule has 0 aliphatic rings. The van der Waals surface area contributed by atoms with Crippen LogP contribution in [0.25, 0.3) is 22.0 Å². The second-order valence-corrected chi connectivity index (χ2v) is 17.5. The molecule has 2 amide bonds. The van der Waals surface area contributed by atoms with Gasteiger partial charge in [0.05, 0.1) is 18.3 Å². The van der Waals surface area contributed by atoms with E-state index in [4.69, 9.17) is 14.5 Å². The summed E-state index contributed by atoms with van der Waals surface area (Å²) in [7, 11) is 0.377. The van der Waals surface area contributed by atoms with Gasteiger partial charge in [-0.2, -0.15) is 5.10 Å². The average Bonchev–Trinajstić information content (AvgIpc) is 3.38. The number of ether oxygens (including phenoxy) is 2. The first-order chi connectivity index (χ1) is 21.1. The predicted octanol–water partition coefficient (Wildman–Crippen LogP) is 5.41. The maximum atomic E-state index is 12.5. The number of benzene rings is 2. The number of anilines is 2. The quantitative estimate of drug-likeness (QED) is 0.128. The summed E-state index contributed by atoms with van der Waals surface area (Å²) in [6.45, 7) is 14.0. The molecule has 0 fully saturated rings. The Labute approximate surface area is 265 Å². The topological polar surface area (TPSA) is 132 Å². The number of hydrogen-bond acceptors (Lipinski definition) is 8. The fourth-order valence-corrected chi connectivity index (χ4v) is 4.62. The summed E-state index contributed by atoms with van der Waals surface area (Å²) in [5.41, 5.74) is 7.01. The first kappa shape index (κ1) is 33.0. The summed E-state index contributed by atoms with van der Waals surface area (Å²) in [5.74, 6) is 3.96. The van der Waals surface area contributed by atoms with E-state index in [1.54, 1.807) is 44.8 Å². The van der Waals surface area contributed by atoms with Crippen molar-refractivity contribution < 1.29 is 19.1 Å². The third-order valence-electron chi connectivity index (χ3n) is 6.16. The molecule has 2 aromatic heterocycles. The Balaban J connectivity index is 1.44. The zero-order valence-electron chi connectivity index (χ0n) is 27.1. The number of carbonyl (C=O) groups is 2. The molecule has 236 valence electrons. The van der Waals surface area contributed by atoms with Gasteiger partial charge in [0.15, 0.2) is 0 Å². The summed E-state index contributed by atoms with van der Waals surface area (Å²) >= 11 is 0. The Bertz CT molecular complexity index is 1750. The van der Waals surface area contributed by atoms with Crippen LogP contribution < -0.4 is 20.7 Å². The van der Waals surface area contributed by atoms with Gasteiger partial charge in [0.2, 0.25) is 11.9 Å². The number of nitrogens with one attached hydrogen (secondary N) is 3. The summed E-state index contributed by atoms with van der Waals surface area (Å²) in [6, 6.07) is 10.9. The molecular weight excluding hydrogens is 586 g/mol. The van der Waals surface area contributed by atoms with Crippen LogP contribution in [-0.2, 0) is 16.6 Å². The van der Waals surface area contributed by atoms with Gasteiger partial charge in [0, 0.05) is 47.7 Å². The fourth-order valence-electron chi connectivity index (χ4n) is 4.10. The van der Waals surface area contributed by atoms with Gasteiger partial charge in [-0.05, 0) is 63.6 Å². The van der Waals surface area contributed by atoms with Gasteiger partial charge >= 0.3 is 6.09 Å². The first-order valence-corrected chi connectivity index (χ1v) is 18.2. The van der Waals surface area contributed by atoms with Crippen LogP contribution in [0, 0.1) is 11.5 Å². The minimum atomic E-state index is -1.48. The van der Waals surface area contributed by atoms with Crippen molar-refractivity contribution in [3.05, 3.63) is 60.6 Å². The number of amides is 2. The Kier molecular flexibility index (Phi) is 10.1. The van der Waals surface area contributed by atoms with E-state index in [1.807, 2.05) is 49.6 Å². The SMILES string of the molecule is CC(NC(=O)OC(C)(C)C)C(=O)NCCOc1cc(Nc2ncc3cc(C#C[Si](C)(C)C)ccc3n2)cc(-c2cnn(C)c2)c1. The minimum absolute atomic E-state index is 0.205. The fraction of sp³-hybridized carbons (Fsp3) is 0.364. The Morgan fingerprint density at radius 2 is 1.84 bits per heavy atom. The molecule has 0 radical (unpaired) electrons. The highest BCUT2D eigenvalue weighted by Gasteiger charge is 2.21. The number of aryl methyl sites for hydroxylation is 1. The van der Waals surface area contributed by atoms with Gasteiger partial charge in [0.25, 0.3) is 0 Å². The molecule has 0 saturated heterocycles. The monoisotopic (exact) mass is 627 g/mol. The minimum Gasteiger partial charge on any atom is -0.492 e. The van der Waals surface area contributed by atoms with Crippen molar-refractivity contribution in [3.8, 4) is 28.3 Å². The second-order valence-electron chi connectivity index (χ2n) is 12.7.